The second-order valence-corrected chi connectivity index (χ2v) is 4.76. The quantitative estimate of drug-likeness (QED) is 0.672. The van der Waals surface area contributed by atoms with E-state index in [1.54, 1.807) is 0 Å². The number of methoxy groups -OCH3 is 1. The molecule has 1 saturated heterocycles. The number of ether oxygens (including phenoxy) is 3. The zero-order chi connectivity index (χ0) is 16.3. The fourth-order valence-electron chi connectivity index (χ4n) is 2.05. The minimum absolute atomic E-state index is 0.0949. The third-order valence-corrected chi connectivity index (χ3v) is 3.20. The predicted octanol–water partition coefficient (Wildman–Crippen LogP) is -0.618. The number of nitrogens with two attached hydrogens (primary N) is 1. The SMILES string of the molecule is COCCOC[C@H]1O[C@@H](n2ccc(N)nc2=O)C(F)(F)[C@@H]1O. The molecule has 10 heteroatoms. The fourth-order valence-corrected chi connectivity index (χ4v) is 2.05. The van der Waals surface area contributed by atoms with Crippen molar-refractivity contribution in [1.29, 1.82) is 0 Å². The van der Waals surface area contributed by atoms with Crippen LogP contribution in [0.1, 0.15) is 6.23 Å². The number of aliphatic hydroxyl groups is 1. The highest BCUT2D eigenvalue weighted by atomic mass is 19.3. The number of halogens is 2. The minimum Gasteiger partial charge on any atom is -0.384 e. The Balaban J connectivity index is 2.13. The molecule has 0 spiro atoms. The highest BCUT2D eigenvalue weighted by Gasteiger charge is 2.59. The molecule has 3 N–H and O–H groups in total. The van der Waals surface area contributed by atoms with Gasteiger partial charge in [-0.2, -0.15) is 13.8 Å². The van der Waals surface area contributed by atoms with Crippen LogP contribution in [0.4, 0.5) is 14.6 Å². The Morgan fingerprint density at radius 2 is 2.27 bits per heavy atom. The molecule has 0 bridgehead atoms. The standard InChI is InChI=1S/C12H17F2N3O5/c1-20-4-5-21-6-7-9(18)12(13,14)10(22-7)17-3-2-8(15)16-11(17)19/h2-3,7,9-10,18H,4-6H2,1H3,(H2,15,16,19)/t7-,9-,10-/m1/s1. The van der Waals surface area contributed by atoms with Crippen molar-refractivity contribution in [3.8, 4) is 0 Å². The molecular formula is C12H17F2N3O5. The number of nitrogen functional groups attached to an aromatic ring is 1. The lowest BCUT2D eigenvalue weighted by Crippen LogP contribution is -2.42. The van der Waals surface area contributed by atoms with Gasteiger partial charge in [-0.1, -0.05) is 0 Å². The monoisotopic (exact) mass is 321 g/mol. The Morgan fingerprint density at radius 3 is 2.91 bits per heavy atom. The van der Waals surface area contributed by atoms with E-state index in [0.717, 1.165) is 6.20 Å². The number of rotatable bonds is 6. The predicted molar refractivity (Wildman–Crippen MR) is 70.5 cm³/mol. The van der Waals surface area contributed by atoms with Crippen LogP contribution in [0.5, 0.6) is 0 Å². The van der Waals surface area contributed by atoms with Gasteiger partial charge in [0.2, 0.25) is 6.23 Å². The van der Waals surface area contributed by atoms with Crippen LogP contribution < -0.4 is 11.4 Å². The van der Waals surface area contributed by atoms with Crippen LogP contribution in [0, 0.1) is 0 Å². The highest BCUT2D eigenvalue weighted by molar-refractivity contribution is 5.23. The first kappa shape index (κ1) is 16.7. The first-order valence-corrected chi connectivity index (χ1v) is 6.50. The number of anilines is 1. The van der Waals surface area contributed by atoms with Crippen LogP contribution in [0.25, 0.3) is 0 Å². The van der Waals surface area contributed by atoms with E-state index in [9.17, 15) is 18.7 Å². The molecule has 0 saturated carbocycles. The molecule has 0 radical (unpaired) electrons. The van der Waals surface area contributed by atoms with E-state index >= 15 is 0 Å². The summed E-state index contributed by atoms with van der Waals surface area (Å²) in [6.07, 6.45) is -4.31. The largest absolute Gasteiger partial charge is 0.384 e. The molecule has 124 valence electrons. The summed E-state index contributed by atoms with van der Waals surface area (Å²) in [6, 6.07) is 1.19. The maximum absolute atomic E-state index is 14.1. The Bertz CT molecular complexity index is 568. The van der Waals surface area contributed by atoms with Gasteiger partial charge in [-0.25, -0.2) is 4.79 Å². The summed E-state index contributed by atoms with van der Waals surface area (Å²) in [5, 5.41) is 9.70. The van der Waals surface area contributed by atoms with Crippen LogP contribution in [-0.2, 0) is 14.2 Å². The molecule has 22 heavy (non-hydrogen) atoms. The van der Waals surface area contributed by atoms with Crippen molar-refractivity contribution in [2.75, 3.05) is 32.7 Å². The van der Waals surface area contributed by atoms with Gasteiger partial charge in [0.25, 0.3) is 0 Å². The Morgan fingerprint density at radius 1 is 1.55 bits per heavy atom. The molecule has 0 aliphatic carbocycles. The molecule has 0 amide bonds. The van der Waals surface area contributed by atoms with Crippen molar-refractivity contribution in [2.24, 2.45) is 0 Å². The third-order valence-electron chi connectivity index (χ3n) is 3.20. The zero-order valence-electron chi connectivity index (χ0n) is 11.8. The molecule has 8 nitrogen and oxygen atoms in total. The topological polar surface area (TPSA) is 109 Å². The summed E-state index contributed by atoms with van der Waals surface area (Å²) in [6.45, 7) is 0.195. The van der Waals surface area contributed by atoms with Gasteiger partial charge in [-0.3, -0.25) is 4.57 Å². The number of hydrogen-bond donors (Lipinski definition) is 2. The normalized spacial score (nSPS) is 27.2. The average Bonchev–Trinajstić information content (AvgIpc) is 2.67. The zero-order valence-corrected chi connectivity index (χ0v) is 11.8. The van der Waals surface area contributed by atoms with E-state index in [1.807, 2.05) is 0 Å². The summed E-state index contributed by atoms with van der Waals surface area (Å²) in [5.41, 5.74) is 4.32. The lowest BCUT2D eigenvalue weighted by Gasteiger charge is -2.20. The van der Waals surface area contributed by atoms with Crippen LogP contribution in [0.3, 0.4) is 0 Å². The first-order valence-electron chi connectivity index (χ1n) is 6.50. The van der Waals surface area contributed by atoms with Gasteiger partial charge in [0, 0.05) is 13.3 Å². The van der Waals surface area contributed by atoms with Crippen molar-refractivity contribution in [1.82, 2.24) is 9.55 Å². The lowest BCUT2D eigenvalue weighted by molar-refractivity contribution is -0.141. The van der Waals surface area contributed by atoms with Gasteiger partial charge in [0.15, 0.2) is 6.10 Å². The van der Waals surface area contributed by atoms with Crippen molar-refractivity contribution in [2.45, 2.75) is 24.4 Å². The summed E-state index contributed by atoms with van der Waals surface area (Å²) < 4.78 is 43.8. The van der Waals surface area contributed by atoms with Crippen molar-refractivity contribution in [3.05, 3.63) is 22.7 Å². The third kappa shape index (κ3) is 3.24. The summed E-state index contributed by atoms with van der Waals surface area (Å²) in [5.74, 6) is -3.76. The minimum atomic E-state index is -3.67. The van der Waals surface area contributed by atoms with Gasteiger partial charge < -0.3 is 25.1 Å². The Hall–Kier alpha value is -1.62. The molecule has 0 aromatic carbocycles. The average molecular weight is 321 g/mol. The molecule has 2 heterocycles. The Labute approximate surface area is 124 Å². The van der Waals surface area contributed by atoms with Crippen molar-refractivity contribution in [3.63, 3.8) is 0 Å². The van der Waals surface area contributed by atoms with Gasteiger partial charge >= 0.3 is 11.6 Å². The summed E-state index contributed by atoms with van der Waals surface area (Å²) in [4.78, 5) is 15.0. The summed E-state index contributed by atoms with van der Waals surface area (Å²) in [7, 11) is 1.47. The maximum atomic E-state index is 14.1. The number of aliphatic hydroxyl groups excluding tert-OH is 1. The van der Waals surface area contributed by atoms with Gasteiger partial charge in [0.1, 0.15) is 11.9 Å². The number of hydrogen-bond acceptors (Lipinski definition) is 7. The molecular weight excluding hydrogens is 304 g/mol. The second kappa shape index (κ2) is 6.65. The molecule has 2 rings (SSSR count). The van der Waals surface area contributed by atoms with E-state index in [4.69, 9.17) is 19.9 Å². The van der Waals surface area contributed by atoms with E-state index in [0.29, 0.717) is 4.57 Å². The molecule has 1 aliphatic heterocycles. The van der Waals surface area contributed by atoms with Crippen LogP contribution in [-0.4, -0.2) is 59.7 Å². The second-order valence-electron chi connectivity index (χ2n) is 4.76. The fraction of sp³-hybridized carbons (Fsp3) is 0.667. The highest BCUT2D eigenvalue weighted by Crippen LogP contribution is 2.42. The first-order chi connectivity index (χ1) is 10.4. The molecule has 1 fully saturated rings. The smallest absolute Gasteiger partial charge is 0.351 e. The molecule has 1 aromatic heterocycles. The van der Waals surface area contributed by atoms with E-state index < -0.39 is 30.0 Å². The van der Waals surface area contributed by atoms with Gasteiger partial charge in [0.05, 0.1) is 19.8 Å². The van der Waals surface area contributed by atoms with Gasteiger partial charge in [-0.05, 0) is 6.07 Å². The molecule has 3 atom stereocenters. The molecule has 1 aliphatic rings. The van der Waals surface area contributed by atoms with Crippen LogP contribution in [0.2, 0.25) is 0 Å². The van der Waals surface area contributed by atoms with E-state index in [2.05, 4.69) is 4.98 Å². The van der Waals surface area contributed by atoms with Crippen LogP contribution in [0.15, 0.2) is 17.1 Å². The molecule has 0 unspecified atom stereocenters. The lowest BCUT2D eigenvalue weighted by atomic mass is 10.1. The van der Waals surface area contributed by atoms with E-state index in [1.165, 1.54) is 13.2 Å². The maximum Gasteiger partial charge on any atom is 0.351 e. The van der Waals surface area contributed by atoms with E-state index in [-0.39, 0.29) is 25.6 Å². The van der Waals surface area contributed by atoms with Crippen molar-refractivity contribution < 1.29 is 28.1 Å². The van der Waals surface area contributed by atoms with Crippen LogP contribution >= 0.6 is 0 Å². The van der Waals surface area contributed by atoms with Gasteiger partial charge in [-0.15, -0.1) is 0 Å². The number of alkyl halides is 2. The summed E-state index contributed by atoms with van der Waals surface area (Å²) >= 11 is 0. The Kier molecular flexibility index (Phi) is 5.06. The van der Waals surface area contributed by atoms with Crippen molar-refractivity contribution >= 4 is 5.82 Å². The number of nitrogens with zero attached hydrogens (tertiary/aromatic N) is 2. The number of aromatic nitrogens is 2. The molecule has 1 aromatic rings.